The fraction of sp³-hybridized carbons (Fsp3) is 0.538. The number of halogens is 1. The van der Waals surface area contributed by atoms with Crippen LogP contribution in [0.2, 0.25) is 0 Å². The summed E-state index contributed by atoms with van der Waals surface area (Å²) in [4.78, 5) is 2.33. The molecule has 0 radical (unpaired) electrons. The van der Waals surface area contributed by atoms with Crippen LogP contribution in [0.25, 0.3) is 0 Å². The Kier molecular flexibility index (Phi) is 3.84. The summed E-state index contributed by atoms with van der Waals surface area (Å²) in [6.45, 7) is 3.12. The van der Waals surface area contributed by atoms with Crippen molar-refractivity contribution >= 4 is 5.69 Å². The molecule has 0 aliphatic carbocycles. The number of likely N-dealkylation sites (tertiary alicyclic amines) is 1. The highest BCUT2D eigenvalue weighted by molar-refractivity contribution is 5.46. The number of nitrogens with zero attached hydrogens (tertiary/aromatic N) is 1. The van der Waals surface area contributed by atoms with Crippen molar-refractivity contribution in [2.75, 3.05) is 32.0 Å². The van der Waals surface area contributed by atoms with Crippen molar-refractivity contribution in [1.29, 1.82) is 0 Å². The third kappa shape index (κ3) is 3.33. The van der Waals surface area contributed by atoms with Crippen LogP contribution in [0, 0.1) is 11.7 Å². The molecule has 1 fully saturated rings. The van der Waals surface area contributed by atoms with Gasteiger partial charge in [-0.15, -0.1) is 0 Å². The Labute approximate surface area is 101 Å². The van der Waals surface area contributed by atoms with Gasteiger partial charge in [0.15, 0.2) is 11.6 Å². The average Bonchev–Trinajstić information content (AvgIpc) is 2.31. The Morgan fingerprint density at radius 3 is 3.06 bits per heavy atom. The SMILES string of the molecule is CN1CCCC(CNc2ccc(O)c(F)c2)C1. The van der Waals surface area contributed by atoms with E-state index in [1.54, 1.807) is 6.07 Å². The molecule has 0 aromatic heterocycles. The van der Waals surface area contributed by atoms with Gasteiger partial charge in [0.25, 0.3) is 0 Å². The molecule has 1 unspecified atom stereocenters. The Hall–Kier alpha value is -1.29. The van der Waals surface area contributed by atoms with Crippen molar-refractivity contribution in [2.45, 2.75) is 12.8 Å². The highest BCUT2D eigenvalue weighted by Crippen LogP contribution is 2.21. The summed E-state index contributed by atoms with van der Waals surface area (Å²) < 4.78 is 13.1. The molecular weight excluding hydrogens is 219 g/mol. The lowest BCUT2D eigenvalue weighted by Gasteiger charge is -2.29. The molecule has 0 saturated carbocycles. The third-order valence-corrected chi connectivity index (χ3v) is 3.26. The summed E-state index contributed by atoms with van der Waals surface area (Å²) in [6, 6.07) is 4.41. The standard InChI is InChI=1S/C13H19FN2O/c1-16-6-2-3-10(9-16)8-15-11-4-5-13(17)12(14)7-11/h4-5,7,10,15,17H,2-3,6,8-9H2,1H3. The van der Waals surface area contributed by atoms with Crippen LogP contribution in [0.1, 0.15) is 12.8 Å². The van der Waals surface area contributed by atoms with E-state index >= 15 is 0 Å². The second-order valence-corrected chi connectivity index (χ2v) is 4.82. The normalized spacial score (nSPS) is 21.4. The van der Waals surface area contributed by atoms with Gasteiger partial charge in [-0.3, -0.25) is 0 Å². The lowest BCUT2D eigenvalue weighted by Crippen LogP contribution is -2.35. The molecule has 17 heavy (non-hydrogen) atoms. The Morgan fingerprint density at radius 2 is 2.35 bits per heavy atom. The highest BCUT2D eigenvalue weighted by atomic mass is 19.1. The maximum Gasteiger partial charge on any atom is 0.166 e. The number of phenols is 1. The van der Waals surface area contributed by atoms with Gasteiger partial charge in [-0.05, 0) is 44.5 Å². The molecule has 2 rings (SSSR count). The second-order valence-electron chi connectivity index (χ2n) is 4.82. The van der Waals surface area contributed by atoms with E-state index in [1.807, 2.05) is 0 Å². The number of hydrogen-bond acceptors (Lipinski definition) is 3. The predicted octanol–water partition coefficient (Wildman–Crippen LogP) is 2.29. The zero-order valence-corrected chi connectivity index (χ0v) is 10.1. The maximum absolute atomic E-state index is 13.1. The van der Waals surface area contributed by atoms with Crippen molar-refractivity contribution < 1.29 is 9.50 Å². The highest BCUT2D eigenvalue weighted by Gasteiger charge is 2.16. The zero-order valence-electron chi connectivity index (χ0n) is 10.1. The Balaban J connectivity index is 1.86. The largest absolute Gasteiger partial charge is 0.505 e. The summed E-state index contributed by atoms with van der Waals surface area (Å²) in [5.74, 6) is -0.255. The minimum Gasteiger partial charge on any atom is -0.505 e. The summed E-state index contributed by atoms with van der Waals surface area (Å²) in [7, 11) is 2.13. The van der Waals surface area contributed by atoms with E-state index in [-0.39, 0.29) is 5.75 Å². The van der Waals surface area contributed by atoms with Gasteiger partial charge in [-0.2, -0.15) is 0 Å². The van der Waals surface area contributed by atoms with Crippen molar-refractivity contribution in [1.82, 2.24) is 4.90 Å². The summed E-state index contributed by atoms with van der Waals surface area (Å²) in [5.41, 5.74) is 0.730. The van der Waals surface area contributed by atoms with Crippen LogP contribution in [-0.2, 0) is 0 Å². The van der Waals surface area contributed by atoms with Crippen LogP contribution in [-0.4, -0.2) is 36.7 Å². The Morgan fingerprint density at radius 1 is 1.53 bits per heavy atom. The average molecular weight is 238 g/mol. The third-order valence-electron chi connectivity index (χ3n) is 3.26. The van der Waals surface area contributed by atoms with Gasteiger partial charge in [-0.1, -0.05) is 0 Å². The van der Waals surface area contributed by atoms with Crippen molar-refractivity contribution in [3.8, 4) is 5.75 Å². The van der Waals surface area contributed by atoms with E-state index in [2.05, 4.69) is 17.3 Å². The summed E-state index contributed by atoms with van der Waals surface area (Å²) >= 11 is 0. The number of hydrogen-bond donors (Lipinski definition) is 2. The van der Waals surface area contributed by atoms with E-state index < -0.39 is 5.82 Å². The molecule has 1 aromatic carbocycles. The van der Waals surface area contributed by atoms with Gasteiger partial charge >= 0.3 is 0 Å². The van der Waals surface area contributed by atoms with E-state index in [1.165, 1.54) is 31.5 Å². The number of benzene rings is 1. The van der Waals surface area contributed by atoms with Crippen LogP contribution >= 0.6 is 0 Å². The van der Waals surface area contributed by atoms with Crippen LogP contribution in [0.5, 0.6) is 5.75 Å². The van der Waals surface area contributed by atoms with E-state index in [4.69, 9.17) is 5.11 Å². The van der Waals surface area contributed by atoms with Gasteiger partial charge in [-0.25, -0.2) is 4.39 Å². The van der Waals surface area contributed by atoms with Gasteiger partial charge < -0.3 is 15.3 Å². The number of phenolic OH excluding ortho intramolecular Hbond substituents is 1. The smallest absolute Gasteiger partial charge is 0.166 e. The molecule has 1 aliphatic rings. The van der Waals surface area contributed by atoms with Gasteiger partial charge in [0.2, 0.25) is 0 Å². The maximum atomic E-state index is 13.1. The lowest BCUT2D eigenvalue weighted by molar-refractivity contribution is 0.217. The van der Waals surface area contributed by atoms with E-state index in [9.17, 15) is 4.39 Å². The first kappa shape index (κ1) is 12.2. The molecule has 94 valence electrons. The number of anilines is 1. The number of rotatable bonds is 3. The lowest BCUT2D eigenvalue weighted by atomic mass is 9.98. The van der Waals surface area contributed by atoms with Crippen LogP contribution in [0.4, 0.5) is 10.1 Å². The number of nitrogens with one attached hydrogen (secondary N) is 1. The van der Waals surface area contributed by atoms with Crippen molar-refractivity contribution in [2.24, 2.45) is 5.92 Å². The van der Waals surface area contributed by atoms with Gasteiger partial charge in [0.05, 0.1) is 0 Å². The first-order valence-electron chi connectivity index (χ1n) is 6.06. The van der Waals surface area contributed by atoms with E-state index in [0.29, 0.717) is 5.92 Å². The minimum atomic E-state index is -0.573. The minimum absolute atomic E-state index is 0.298. The van der Waals surface area contributed by atoms with E-state index in [0.717, 1.165) is 18.8 Å². The van der Waals surface area contributed by atoms with Crippen LogP contribution in [0.3, 0.4) is 0 Å². The molecule has 1 saturated heterocycles. The van der Waals surface area contributed by atoms with Crippen LogP contribution in [0.15, 0.2) is 18.2 Å². The summed E-state index contributed by atoms with van der Waals surface area (Å²) in [5, 5.41) is 12.3. The first-order valence-corrected chi connectivity index (χ1v) is 6.06. The molecule has 0 bridgehead atoms. The molecule has 1 atom stereocenters. The quantitative estimate of drug-likeness (QED) is 0.793. The fourth-order valence-corrected chi connectivity index (χ4v) is 2.32. The van der Waals surface area contributed by atoms with Crippen molar-refractivity contribution in [3.63, 3.8) is 0 Å². The second kappa shape index (κ2) is 5.36. The number of aromatic hydroxyl groups is 1. The predicted molar refractivity (Wildman–Crippen MR) is 66.8 cm³/mol. The molecule has 1 aliphatic heterocycles. The molecule has 0 spiro atoms. The van der Waals surface area contributed by atoms with Crippen LogP contribution < -0.4 is 5.32 Å². The molecular formula is C13H19FN2O. The van der Waals surface area contributed by atoms with Crippen molar-refractivity contribution in [3.05, 3.63) is 24.0 Å². The first-order chi connectivity index (χ1) is 8.15. The molecule has 2 N–H and O–H groups in total. The molecule has 1 heterocycles. The fourth-order valence-electron chi connectivity index (χ4n) is 2.32. The zero-order chi connectivity index (χ0) is 12.3. The molecule has 3 nitrogen and oxygen atoms in total. The van der Waals surface area contributed by atoms with Gasteiger partial charge in [0.1, 0.15) is 0 Å². The molecule has 4 heteroatoms. The summed E-state index contributed by atoms with van der Waals surface area (Å²) in [6.07, 6.45) is 2.45. The molecule has 1 aromatic rings. The Bertz CT molecular complexity index is 384. The monoisotopic (exact) mass is 238 g/mol. The van der Waals surface area contributed by atoms with Gasteiger partial charge in [0, 0.05) is 24.8 Å². The number of piperidine rings is 1. The topological polar surface area (TPSA) is 35.5 Å². The molecule has 0 amide bonds.